The molecule has 0 heterocycles. The molecule has 1 atom stereocenters. The summed E-state index contributed by atoms with van der Waals surface area (Å²) in [5.74, 6) is -0.359. The van der Waals surface area contributed by atoms with Crippen molar-refractivity contribution in [2.75, 3.05) is 27.3 Å². The number of phenolic OH excluding ortho intramolecular Hbond substituents is 1. The molecule has 0 saturated carbocycles. The summed E-state index contributed by atoms with van der Waals surface area (Å²) in [5.41, 5.74) is 0.352. The van der Waals surface area contributed by atoms with Gasteiger partial charge in [-0.25, -0.2) is 0 Å². The highest BCUT2D eigenvalue weighted by Gasteiger charge is 2.16. The summed E-state index contributed by atoms with van der Waals surface area (Å²) < 4.78 is 4.78. The van der Waals surface area contributed by atoms with E-state index >= 15 is 0 Å². The number of carbonyl (C=O) groups excluding carboxylic acids is 1. The van der Waals surface area contributed by atoms with E-state index in [1.54, 1.807) is 7.05 Å². The zero-order chi connectivity index (χ0) is 13.7. The molecule has 2 N–H and O–H groups in total. The number of hydrogen-bond acceptors (Lipinski definition) is 4. The third-order valence-corrected chi connectivity index (χ3v) is 2.69. The van der Waals surface area contributed by atoms with Crippen molar-refractivity contribution in [1.29, 1.82) is 0 Å². The van der Waals surface area contributed by atoms with Gasteiger partial charge in [-0.3, -0.25) is 4.79 Å². The number of benzene rings is 1. The molecule has 1 aromatic carbocycles. The van der Waals surface area contributed by atoms with Gasteiger partial charge in [-0.1, -0.05) is 11.6 Å². The lowest BCUT2D eigenvalue weighted by Crippen LogP contribution is -2.36. The van der Waals surface area contributed by atoms with E-state index in [1.807, 2.05) is 0 Å². The number of halogens is 1. The van der Waals surface area contributed by atoms with Crippen molar-refractivity contribution in [3.63, 3.8) is 0 Å². The van der Waals surface area contributed by atoms with Crippen molar-refractivity contribution in [1.82, 2.24) is 4.90 Å². The van der Waals surface area contributed by atoms with Crippen LogP contribution in [0, 0.1) is 0 Å². The molecular weight excluding hydrogens is 258 g/mol. The molecule has 0 aliphatic rings. The van der Waals surface area contributed by atoms with Gasteiger partial charge in [-0.05, 0) is 18.2 Å². The Hall–Kier alpha value is -1.30. The van der Waals surface area contributed by atoms with E-state index in [0.29, 0.717) is 5.56 Å². The van der Waals surface area contributed by atoms with Crippen molar-refractivity contribution < 1.29 is 19.7 Å². The van der Waals surface area contributed by atoms with Crippen molar-refractivity contribution >= 4 is 17.5 Å². The molecular formula is C12H16ClNO4. The molecule has 5 nitrogen and oxygen atoms in total. The maximum Gasteiger partial charge on any atom is 0.253 e. The van der Waals surface area contributed by atoms with Crippen molar-refractivity contribution in [2.45, 2.75) is 6.10 Å². The van der Waals surface area contributed by atoms with Crippen LogP contribution < -0.4 is 0 Å². The van der Waals surface area contributed by atoms with Crippen molar-refractivity contribution in [3.8, 4) is 5.75 Å². The summed E-state index contributed by atoms with van der Waals surface area (Å²) >= 11 is 5.73. The Labute approximate surface area is 111 Å². The molecule has 0 fully saturated rings. The first-order valence-electron chi connectivity index (χ1n) is 5.36. The number of hydrogen-bond donors (Lipinski definition) is 2. The predicted octanol–water partition coefficient (Wildman–Crippen LogP) is 1.12. The standard InChI is InChI=1S/C12H16ClNO4/c1-14(6-9(15)7-18-2)12(17)8-3-4-11(16)10(13)5-8/h3-5,9,15-16H,6-7H2,1-2H3. The molecule has 1 unspecified atom stereocenters. The Morgan fingerprint density at radius 3 is 2.78 bits per heavy atom. The fourth-order valence-electron chi connectivity index (χ4n) is 1.50. The highest BCUT2D eigenvalue weighted by Crippen LogP contribution is 2.24. The number of nitrogens with zero attached hydrogens (tertiary/aromatic N) is 1. The van der Waals surface area contributed by atoms with Crippen LogP contribution in [0.5, 0.6) is 5.75 Å². The lowest BCUT2D eigenvalue weighted by Gasteiger charge is -2.20. The van der Waals surface area contributed by atoms with Crippen LogP contribution in [-0.4, -0.2) is 54.4 Å². The summed E-state index contributed by atoms with van der Waals surface area (Å²) in [6.07, 6.45) is -0.739. The smallest absolute Gasteiger partial charge is 0.253 e. The number of ether oxygens (including phenoxy) is 1. The molecule has 1 rings (SSSR count). The minimum Gasteiger partial charge on any atom is -0.506 e. The number of carbonyl (C=O) groups is 1. The van der Waals surface area contributed by atoms with E-state index < -0.39 is 6.10 Å². The molecule has 0 aliphatic carbocycles. The minimum atomic E-state index is -0.739. The molecule has 100 valence electrons. The molecule has 0 radical (unpaired) electrons. The largest absolute Gasteiger partial charge is 0.506 e. The van der Waals surface area contributed by atoms with Gasteiger partial charge in [-0.15, -0.1) is 0 Å². The van der Waals surface area contributed by atoms with Gasteiger partial charge in [0.05, 0.1) is 17.7 Å². The van der Waals surface area contributed by atoms with Gasteiger partial charge >= 0.3 is 0 Å². The second kappa shape index (κ2) is 6.58. The first kappa shape index (κ1) is 14.8. The average molecular weight is 274 g/mol. The van der Waals surface area contributed by atoms with Gasteiger partial charge < -0.3 is 19.8 Å². The number of methoxy groups -OCH3 is 1. The molecule has 1 amide bonds. The van der Waals surface area contributed by atoms with Crippen LogP contribution >= 0.6 is 11.6 Å². The molecule has 18 heavy (non-hydrogen) atoms. The molecule has 6 heteroatoms. The monoisotopic (exact) mass is 273 g/mol. The predicted molar refractivity (Wildman–Crippen MR) is 68.0 cm³/mol. The number of likely N-dealkylation sites (N-methyl/N-ethyl adjacent to an activating group) is 1. The van der Waals surface area contributed by atoms with E-state index in [9.17, 15) is 15.0 Å². The summed E-state index contributed by atoms with van der Waals surface area (Å²) in [6.45, 7) is 0.319. The van der Waals surface area contributed by atoms with Crippen molar-refractivity contribution in [3.05, 3.63) is 28.8 Å². The quantitative estimate of drug-likeness (QED) is 0.844. The van der Waals surface area contributed by atoms with E-state index in [1.165, 1.54) is 30.2 Å². The average Bonchev–Trinajstić information content (AvgIpc) is 2.32. The number of aromatic hydroxyl groups is 1. The van der Waals surface area contributed by atoms with Gasteiger partial charge in [0.15, 0.2) is 0 Å². The third-order valence-electron chi connectivity index (χ3n) is 2.38. The van der Waals surface area contributed by atoms with E-state index in [0.717, 1.165) is 0 Å². The highest BCUT2D eigenvalue weighted by atomic mass is 35.5. The highest BCUT2D eigenvalue weighted by molar-refractivity contribution is 6.32. The van der Waals surface area contributed by atoms with Crippen LogP contribution in [0.3, 0.4) is 0 Å². The second-order valence-corrected chi connectivity index (χ2v) is 4.37. The second-order valence-electron chi connectivity index (χ2n) is 3.96. The fraction of sp³-hybridized carbons (Fsp3) is 0.417. The van der Waals surface area contributed by atoms with E-state index in [2.05, 4.69) is 0 Å². The zero-order valence-corrected chi connectivity index (χ0v) is 11.0. The number of amides is 1. The van der Waals surface area contributed by atoms with Crippen LogP contribution in [0.4, 0.5) is 0 Å². The van der Waals surface area contributed by atoms with Gasteiger partial charge in [0, 0.05) is 26.3 Å². The maximum atomic E-state index is 12.0. The first-order valence-corrected chi connectivity index (χ1v) is 5.74. The molecule has 0 spiro atoms. The Balaban J connectivity index is 2.71. The zero-order valence-electron chi connectivity index (χ0n) is 10.3. The van der Waals surface area contributed by atoms with Gasteiger partial charge in [0.25, 0.3) is 5.91 Å². The minimum absolute atomic E-state index is 0.0738. The molecule has 0 saturated heterocycles. The lowest BCUT2D eigenvalue weighted by atomic mass is 10.2. The Kier molecular flexibility index (Phi) is 5.40. The third kappa shape index (κ3) is 3.87. The van der Waals surface area contributed by atoms with Crippen LogP contribution in [0.25, 0.3) is 0 Å². The van der Waals surface area contributed by atoms with Crippen LogP contribution in [-0.2, 0) is 4.74 Å². The Morgan fingerprint density at radius 1 is 1.56 bits per heavy atom. The number of rotatable bonds is 5. The molecule has 0 aromatic heterocycles. The molecule has 1 aromatic rings. The molecule has 0 aliphatic heterocycles. The summed E-state index contributed by atoms with van der Waals surface area (Å²) in [4.78, 5) is 13.3. The summed E-state index contributed by atoms with van der Waals surface area (Å²) in [5, 5.41) is 18.9. The molecule has 0 bridgehead atoms. The van der Waals surface area contributed by atoms with Gasteiger partial charge in [-0.2, -0.15) is 0 Å². The van der Waals surface area contributed by atoms with Gasteiger partial charge in [0.2, 0.25) is 0 Å². The maximum absolute atomic E-state index is 12.0. The Bertz CT molecular complexity index is 425. The number of aliphatic hydroxyl groups is 1. The van der Waals surface area contributed by atoms with Crippen LogP contribution in [0.1, 0.15) is 10.4 Å². The summed E-state index contributed by atoms with van der Waals surface area (Å²) in [7, 11) is 3.05. The van der Waals surface area contributed by atoms with Gasteiger partial charge in [0.1, 0.15) is 5.75 Å². The van der Waals surface area contributed by atoms with Crippen LogP contribution in [0.2, 0.25) is 5.02 Å². The topological polar surface area (TPSA) is 70.0 Å². The fourth-order valence-corrected chi connectivity index (χ4v) is 1.68. The summed E-state index contributed by atoms with van der Waals surface area (Å²) in [6, 6.07) is 4.22. The van der Waals surface area contributed by atoms with E-state index in [4.69, 9.17) is 16.3 Å². The first-order chi connectivity index (χ1) is 8.45. The number of aliphatic hydroxyl groups excluding tert-OH is 1. The van der Waals surface area contributed by atoms with Crippen molar-refractivity contribution in [2.24, 2.45) is 0 Å². The number of phenols is 1. The normalized spacial score (nSPS) is 12.2. The van der Waals surface area contributed by atoms with E-state index in [-0.39, 0.29) is 29.8 Å². The van der Waals surface area contributed by atoms with Crippen LogP contribution in [0.15, 0.2) is 18.2 Å². The lowest BCUT2D eigenvalue weighted by molar-refractivity contribution is 0.0380. The Morgan fingerprint density at radius 2 is 2.22 bits per heavy atom. The SMILES string of the molecule is COCC(O)CN(C)C(=O)c1ccc(O)c(Cl)c1.